The van der Waals surface area contributed by atoms with Crippen molar-refractivity contribution < 1.29 is 0 Å². The maximum Gasteiger partial charge on any atom is 0.0524 e. The minimum absolute atomic E-state index is 0.151. The Bertz CT molecular complexity index is 440. The van der Waals surface area contributed by atoms with Crippen molar-refractivity contribution in [2.75, 3.05) is 18.0 Å². The van der Waals surface area contributed by atoms with Crippen LogP contribution in [0.25, 0.3) is 0 Å². The first-order chi connectivity index (χ1) is 9.42. The molecule has 0 radical (unpaired) electrons. The summed E-state index contributed by atoms with van der Waals surface area (Å²) in [6, 6.07) is 8.84. The van der Waals surface area contributed by atoms with E-state index in [0.717, 1.165) is 13.1 Å². The second-order valence-electron chi connectivity index (χ2n) is 7.18. The van der Waals surface area contributed by atoms with Gasteiger partial charge in [0.2, 0.25) is 0 Å². The van der Waals surface area contributed by atoms with Crippen LogP contribution in [0, 0.1) is 12.3 Å². The lowest BCUT2D eigenvalue weighted by atomic mass is 9.68. The predicted molar refractivity (Wildman–Crippen MR) is 88.2 cm³/mol. The number of aryl methyl sites for hydroxylation is 1. The van der Waals surface area contributed by atoms with Gasteiger partial charge in [0, 0.05) is 18.8 Å². The van der Waals surface area contributed by atoms with Crippen molar-refractivity contribution in [3.63, 3.8) is 0 Å². The number of benzene rings is 1. The number of nitrogens with two attached hydrogens (primary N) is 1. The first-order valence-electron chi connectivity index (χ1n) is 7.97. The zero-order valence-corrected chi connectivity index (χ0v) is 13.6. The van der Waals surface area contributed by atoms with E-state index >= 15 is 0 Å². The van der Waals surface area contributed by atoms with Gasteiger partial charge in [0.1, 0.15) is 0 Å². The minimum atomic E-state index is 0.151. The first kappa shape index (κ1) is 15.4. The van der Waals surface area contributed by atoms with Crippen LogP contribution in [0.2, 0.25) is 0 Å². The van der Waals surface area contributed by atoms with E-state index in [2.05, 4.69) is 56.9 Å². The van der Waals surface area contributed by atoms with Gasteiger partial charge in [0.15, 0.2) is 0 Å². The van der Waals surface area contributed by atoms with Crippen LogP contribution in [0.5, 0.6) is 0 Å². The van der Waals surface area contributed by atoms with Crippen LogP contribution >= 0.6 is 0 Å². The molecule has 0 aromatic heterocycles. The van der Waals surface area contributed by atoms with E-state index in [1.54, 1.807) is 0 Å². The molecular formula is C18H30N2. The summed E-state index contributed by atoms with van der Waals surface area (Å²) in [6.07, 6.45) is 4.95. The lowest BCUT2D eigenvalue weighted by molar-refractivity contribution is 0.162. The molecule has 2 nitrogen and oxygen atoms in total. The Labute approximate surface area is 124 Å². The van der Waals surface area contributed by atoms with Gasteiger partial charge in [-0.3, -0.25) is 0 Å². The highest BCUT2D eigenvalue weighted by Crippen LogP contribution is 2.43. The number of hydrogen-bond acceptors (Lipinski definition) is 2. The number of nitrogens with zero attached hydrogens (tertiary/aromatic N) is 1. The highest BCUT2D eigenvalue weighted by molar-refractivity contribution is 5.51. The quantitative estimate of drug-likeness (QED) is 0.895. The summed E-state index contributed by atoms with van der Waals surface area (Å²) in [5.41, 5.74) is 9.52. The van der Waals surface area contributed by atoms with Crippen LogP contribution in [-0.4, -0.2) is 18.6 Å². The molecule has 1 aromatic carbocycles. The third-order valence-corrected chi connectivity index (χ3v) is 5.12. The molecular weight excluding hydrogens is 244 g/mol. The third-order valence-electron chi connectivity index (χ3n) is 5.12. The highest BCUT2D eigenvalue weighted by atomic mass is 15.2. The Morgan fingerprint density at radius 1 is 1.15 bits per heavy atom. The molecule has 2 heteroatoms. The van der Waals surface area contributed by atoms with E-state index in [0.29, 0.717) is 5.41 Å². The summed E-state index contributed by atoms with van der Waals surface area (Å²) >= 11 is 0. The van der Waals surface area contributed by atoms with E-state index in [9.17, 15) is 0 Å². The van der Waals surface area contributed by atoms with Crippen molar-refractivity contribution in [2.45, 2.75) is 58.9 Å². The van der Waals surface area contributed by atoms with Gasteiger partial charge in [-0.2, -0.15) is 0 Å². The Morgan fingerprint density at radius 3 is 2.30 bits per heavy atom. The highest BCUT2D eigenvalue weighted by Gasteiger charge is 2.41. The summed E-state index contributed by atoms with van der Waals surface area (Å²) in [7, 11) is 0. The normalized spacial score (nSPS) is 20.6. The fourth-order valence-electron chi connectivity index (χ4n) is 3.56. The molecule has 1 aliphatic rings. The van der Waals surface area contributed by atoms with Crippen LogP contribution in [0.15, 0.2) is 24.3 Å². The fraction of sp³-hybridized carbons (Fsp3) is 0.667. The molecule has 0 spiro atoms. The molecule has 1 saturated carbocycles. The van der Waals surface area contributed by atoms with Gasteiger partial charge in [-0.25, -0.2) is 0 Å². The van der Waals surface area contributed by atoms with Gasteiger partial charge in [0.05, 0.1) is 5.54 Å². The van der Waals surface area contributed by atoms with E-state index < -0.39 is 0 Å². The van der Waals surface area contributed by atoms with Gasteiger partial charge in [0.25, 0.3) is 0 Å². The fourth-order valence-corrected chi connectivity index (χ4v) is 3.56. The van der Waals surface area contributed by atoms with Crippen LogP contribution < -0.4 is 10.6 Å². The Hall–Kier alpha value is -1.02. The molecule has 0 heterocycles. The van der Waals surface area contributed by atoms with Crippen molar-refractivity contribution in [1.29, 1.82) is 0 Å². The molecule has 0 bridgehead atoms. The van der Waals surface area contributed by atoms with E-state index in [-0.39, 0.29) is 5.54 Å². The monoisotopic (exact) mass is 274 g/mol. The summed E-state index contributed by atoms with van der Waals surface area (Å²) in [4.78, 5) is 2.55. The van der Waals surface area contributed by atoms with Crippen LogP contribution in [0.4, 0.5) is 5.69 Å². The van der Waals surface area contributed by atoms with E-state index in [4.69, 9.17) is 5.73 Å². The smallest absolute Gasteiger partial charge is 0.0524 e. The maximum absolute atomic E-state index is 6.24. The van der Waals surface area contributed by atoms with Crippen molar-refractivity contribution >= 4 is 5.69 Å². The van der Waals surface area contributed by atoms with Gasteiger partial charge in [-0.05, 0) is 62.6 Å². The average Bonchev–Trinajstić information content (AvgIpc) is 2.42. The number of rotatable bonds is 4. The molecule has 0 saturated heterocycles. The number of likely N-dealkylation sites (N-methyl/N-ethyl adjacent to an activating group) is 1. The minimum Gasteiger partial charge on any atom is -0.365 e. The van der Waals surface area contributed by atoms with Gasteiger partial charge in [-0.15, -0.1) is 0 Å². The van der Waals surface area contributed by atoms with Crippen LogP contribution in [-0.2, 0) is 0 Å². The zero-order chi connectivity index (χ0) is 14.8. The summed E-state index contributed by atoms with van der Waals surface area (Å²) in [6.45, 7) is 11.0. The molecule has 0 unspecified atom stereocenters. The second-order valence-corrected chi connectivity index (χ2v) is 7.18. The molecule has 0 amide bonds. The average molecular weight is 274 g/mol. The molecule has 1 aliphatic carbocycles. The molecule has 1 aromatic rings. The Morgan fingerprint density at radius 2 is 1.80 bits per heavy atom. The molecule has 0 aliphatic heterocycles. The van der Waals surface area contributed by atoms with Crippen molar-refractivity contribution in [1.82, 2.24) is 0 Å². The van der Waals surface area contributed by atoms with Crippen LogP contribution in [0.1, 0.15) is 52.0 Å². The van der Waals surface area contributed by atoms with Gasteiger partial charge in [-0.1, -0.05) is 26.0 Å². The summed E-state index contributed by atoms with van der Waals surface area (Å²) < 4.78 is 0. The number of hydrogen-bond donors (Lipinski definition) is 1. The molecule has 2 N–H and O–H groups in total. The summed E-state index contributed by atoms with van der Waals surface area (Å²) in [5.74, 6) is 0. The standard InChI is InChI=1S/C18H30N2/c1-5-20(16-8-6-7-15(2)13-16)18(14-19)11-9-17(3,4)10-12-18/h6-8,13H,5,9-12,14,19H2,1-4H3. The Kier molecular flexibility index (Phi) is 4.43. The zero-order valence-electron chi connectivity index (χ0n) is 13.6. The molecule has 0 atom stereocenters. The SMILES string of the molecule is CCN(c1cccc(C)c1)C1(CN)CCC(C)(C)CC1. The van der Waals surface area contributed by atoms with Crippen LogP contribution in [0.3, 0.4) is 0 Å². The largest absolute Gasteiger partial charge is 0.365 e. The van der Waals surface area contributed by atoms with Crippen molar-refractivity contribution in [2.24, 2.45) is 11.1 Å². The topological polar surface area (TPSA) is 29.3 Å². The Balaban J connectivity index is 2.29. The lowest BCUT2D eigenvalue weighted by Gasteiger charge is -2.50. The van der Waals surface area contributed by atoms with Gasteiger partial charge >= 0.3 is 0 Å². The molecule has 20 heavy (non-hydrogen) atoms. The lowest BCUT2D eigenvalue weighted by Crippen LogP contribution is -2.57. The van der Waals surface area contributed by atoms with E-state index in [1.807, 2.05) is 0 Å². The summed E-state index contributed by atoms with van der Waals surface area (Å²) in [5, 5.41) is 0. The van der Waals surface area contributed by atoms with Gasteiger partial charge < -0.3 is 10.6 Å². The van der Waals surface area contributed by atoms with E-state index in [1.165, 1.54) is 36.9 Å². The van der Waals surface area contributed by atoms with Crippen molar-refractivity contribution in [3.8, 4) is 0 Å². The molecule has 2 rings (SSSR count). The third kappa shape index (κ3) is 3.01. The second kappa shape index (κ2) is 5.77. The maximum atomic E-state index is 6.24. The predicted octanol–water partition coefficient (Wildman–Crippen LogP) is 4.12. The molecule has 1 fully saturated rings. The first-order valence-corrected chi connectivity index (χ1v) is 7.97. The number of anilines is 1. The van der Waals surface area contributed by atoms with Crippen molar-refractivity contribution in [3.05, 3.63) is 29.8 Å². The molecule has 112 valence electrons.